The van der Waals surface area contributed by atoms with E-state index in [2.05, 4.69) is 29.1 Å². The molecule has 9 nitrogen and oxygen atoms in total. The molecular formula is C41H51FN4O5. The first-order chi connectivity index (χ1) is 24.6. The van der Waals surface area contributed by atoms with E-state index in [9.17, 15) is 9.59 Å². The van der Waals surface area contributed by atoms with Gasteiger partial charge in [0.2, 0.25) is 11.8 Å². The van der Waals surface area contributed by atoms with Crippen molar-refractivity contribution in [1.82, 2.24) is 19.7 Å². The van der Waals surface area contributed by atoms with Crippen molar-refractivity contribution in [3.05, 3.63) is 89.5 Å². The lowest BCUT2D eigenvalue weighted by Gasteiger charge is -2.27. The molecule has 0 spiro atoms. The number of benzene rings is 2. The van der Waals surface area contributed by atoms with E-state index >= 15 is 4.39 Å². The number of fused-ring (bicyclic) bond motifs is 1. The zero-order chi connectivity index (χ0) is 36.4. The summed E-state index contributed by atoms with van der Waals surface area (Å²) < 4.78 is 34.7. The molecule has 0 bridgehead atoms. The average Bonchev–Trinajstić information content (AvgIpc) is 3.47. The van der Waals surface area contributed by atoms with Crippen LogP contribution in [0.25, 0.3) is 22.0 Å². The van der Waals surface area contributed by atoms with Crippen LogP contribution in [0.4, 0.5) is 9.18 Å². The normalized spacial score (nSPS) is 15.4. The van der Waals surface area contributed by atoms with Gasteiger partial charge in [0.05, 0.1) is 17.4 Å². The summed E-state index contributed by atoms with van der Waals surface area (Å²) >= 11 is 0. The molecule has 5 rings (SSSR count). The Hall–Kier alpha value is -4.57. The molecule has 0 N–H and O–H groups in total. The lowest BCUT2D eigenvalue weighted by atomic mass is 9.88. The molecule has 1 aliphatic heterocycles. The lowest BCUT2D eigenvalue weighted by Crippen LogP contribution is -2.39. The summed E-state index contributed by atoms with van der Waals surface area (Å²) in [6, 6.07) is 19.8. The Morgan fingerprint density at radius 1 is 0.961 bits per heavy atom. The van der Waals surface area contributed by atoms with E-state index in [4.69, 9.17) is 14.2 Å². The molecule has 1 atom stereocenters. The van der Waals surface area contributed by atoms with Crippen molar-refractivity contribution in [3.8, 4) is 5.88 Å². The predicted molar refractivity (Wildman–Crippen MR) is 198 cm³/mol. The number of amides is 1. The summed E-state index contributed by atoms with van der Waals surface area (Å²) in [7, 11) is 0. The van der Waals surface area contributed by atoms with Gasteiger partial charge in [-0.25, -0.2) is 14.5 Å². The molecule has 1 aliphatic rings. The molecular weight excluding hydrogens is 647 g/mol. The standard InChI is InChI=1S/C41H51FN4O5/c1-6-32(47)17-11-13-23-45(40(48)51-41(3,4)5)24-26-49-36-22-20-31(28-43-36)38(33(7-2)29-15-9-8-10-16-29)30-19-21-35-34(27-30)39(42)44-46(35)37-18-12-14-25-50-37/h8-10,15-16,19-22,27-28,37H,6-7,11-14,17-18,23-26H2,1-5H3/b38-33-. The Bertz CT molecular complexity index is 1790. The first-order valence-electron chi connectivity index (χ1n) is 18.2. The highest BCUT2D eigenvalue weighted by atomic mass is 19.1. The van der Waals surface area contributed by atoms with Gasteiger partial charge in [-0.1, -0.05) is 50.2 Å². The number of ketones is 1. The number of nitrogens with zero attached hydrogens (tertiary/aromatic N) is 4. The summed E-state index contributed by atoms with van der Waals surface area (Å²) in [5.74, 6) is 0.122. The Labute approximate surface area is 300 Å². The number of hydrogen-bond donors (Lipinski definition) is 0. The number of pyridine rings is 1. The van der Waals surface area contributed by atoms with Crippen LogP contribution in [0.1, 0.15) is 109 Å². The highest BCUT2D eigenvalue weighted by molar-refractivity contribution is 6.00. The highest BCUT2D eigenvalue weighted by Gasteiger charge is 2.24. The van der Waals surface area contributed by atoms with Crippen molar-refractivity contribution in [2.75, 3.05) is 26.3 Å². The average molecular weight is 699 g/mol. The predicted octanol–water partition coefficient (Wildman–Crippen LogP) is 9.40. The van der Waals surface area contributed by atoms with Gasteiger partial charge in [0.1, 0.15) is 18.0 Å². The number of ether oxygens (including phenoxy) is 3. The second kappa shape index (κ2) is 17.6. The third kappa shape index (κ3) is 10.0. The zero-order valence-corrected chi connectivity index (χ0v) is 30.6. The summed E-state index contributed by atoms with van der Waals surface area (Å²) in [5.41, 5.74) is 4.92. The van der Waals surface area contributed by atoms with Crippen LogP contribution in [0.2, 0.25) is 0 Å². The molecule has 10 heteroatoms. The monoisotopic (exact) mass is 698 g/mol. The van der Waals surface area contributed by atoms with E-state index in [1.165, 1.54) is 0 Å². The van der Waals surface area contributed by atoms with Gasteiger partial charge < -0.3 is 19.1 Å². The minimum absolute atomic E-state index is 0.219. The maximum absolute atomic E-state index is 15.4. The second-order valence-corrected chi connectivity index (χ2v) is 13.9. The Morgan fingerprint density at radius 3 is 2.41 bits per heavy atom. The maximum Gasteiger partial charge on any atom is 0.410 e. The number of allylic oxidation sites excluding steroid dienone is 1. The zero-order valence-electron chi connectivity index (χ0n) is 30.6. The first-order valence-corrected chi connectivity index (χ1v) is 18.2. The van der Waals surface area contributed by atoms with E-state index in [1.54, 1.807) is 15.8 Å². The molecule has 272 valence electrons. The molecule has 2 aromatic heterocycles. The molecule has 1 unspecified atom stereocenters. The minimum atomic E-state index is -0.630. The molecule has 0 saturated carbocycles. The van der Waals surface area contributed by atoms with Crippen LogP contribution < -0.4 is 4.74 Å². The molecule has 1 amide bonds. The quantitative estimate of drug-likeness (QED) is 0.0902. The number of aromatic nitrogens is 3. The smallest absolute Gasteiger partial charge is 0.410 e. The third-order valence-corrected chi connectivity index (χ3v) is 8.97. The van der Waals surface area contributed by atoms with Gasteiger partial charge in [-0.05, 0) is 99.8 Å². The molecule has 2 aromatic carbocycles. The fourth-order valence-corrected chi connectivity index (χ4v) is 6.37. The Balaban J connectivity index is 1.37. The molecule has 51 heavy (non-hydrogen) atoms. The van der Waals surface area contributed by atoms with Gasteiger partial charge in [-0.3, -0.25) is 4.79 Å². The van der Waals surface area contributed by atoms with Crippen LogP contribution in [0.5, 0.6) is 5.88 Å². The summed E-state index contributed by atoms with van der Waals surface area (Å²) in [6.45, 7) is 11.1. The number of halogens is 1. The fraction of sp³-hybridized carbons (Fsp3) is 0.463. The van der Waals surface area contributed by atoms with E-state index in [0.717, 1.165) is 53.5 Å². The molecule has 4 aromatic rings. The van der Waals surface area contributed by atoms with Gasteiger partial charge in [-0.15, -0.1) is 5.10 Å². The molecule has 3 heterocycles. The topological polar surface area (TPSA) is 95.8 Å². The van der Waals surface area contributed by atoms with Crippen molar-refractivity contribution >= 4 is 33.9 Å². The van der Waals surface area contributed by atoms with Crippen molar-refractivity contribution < 1.29 is 28.2 Å². The van der Waals surface area contributed by atoms with E-state index < -0.39 is 17.6 Å². The van der Waals surface area contributed by atoms with Crippen LogP contribution in [0, 0.1) is 5.95 Å². The maximum atomic E-state index is 15.4. The largest absolute Gasteiger partial charge is 0.476 e. The number of rotatable bonds is 15. The molecule has 0 aliphatic carbocycles. The fourth-order valence-electron chi connectivity index (χ4n) is 6.37. The van der Waals surface area contributed by atoms with Crippen LogP contribution in [-0.2, 0) is 14.3 Å². The number of hydrogen-bond acceptors (Lipinski definition) is 7. The van der Waals surface area contributed by atoms with Gasteiger partial charge >= 0.3 is 6.09 Å². The lowest BCUT2D eigenvalue weighted by molar-refractivity contribution is -0.118. The van der Waals surface area contributed by atoms with Crippen molar-refractivity contribution in [2.24, 2.45) is 0 Å². The van der Waals surface area contributed by atoms with Crippen LogP contribution in [0.15, 0.2) is 66.9 Å². The molecule has 1 saturated heterocycles. The van der Waals surface area contributed by atoms with Gasteiger partial charge in [0, 0.05) is 43.8 Å². The number of carbonyl (C=O) groups excluding carboxylic acids is 2. The van der Waals surface area contributed by atoms with Gasteiger partial charge in [0.15, 0.2) is 6.23 Å². The number of Topliss-reactive ketones (excluding diaryl/α,β-unsaturated/α-hetero) is 1. The second-order valence-electron chi connectivity index (χ2n) is 13.9. The van der Waals surface area contributed by atoms with Crippen molar-refractivity contribution in [1.29, 1.82) is 0 Å². The molecule has 0 radical (unpaired) electrons. The van der Waals surface area contributed by atoms with Crippen LogP contribution in [-0.4, -0.2) is 63.4 Å². The van der Waals surface area contributed by atoms with Crippen LogP contribution >= 0.6 is 0 Å². The van der Waals surface area contributed by atoms with Gasteiger partial charge in [-0.2, -0.15) is 4.39 Å². The van der Waals surface area contributed by atoms with Crippen LogP contribution in [0.3, 0.4) is 0 Å². The minimum Gasteiger partial charge on any atom is -0.476 e. The van der Waals surface area contributed by atoms with E-state index in [1.807, 2.05) is 76.2 Å². The number of unbranched alkanes of at least 4 members (excludes halogenated alkanes) is 1. The Morgan fingerprint density at radius 2 is 1.75 bits per heavy atom. The number of carbonyl (C=O) groups is 2. The highest BCUT2D eigenvalue weighted by Crippen LogP contribution is 2.37. The molecule has 1 fully saturated rings. The third-order valence-electron chi connectivity index (χ3n) is 8.97. The van der Waals surface area contributed by atoms with Crippen molar-refractivity contribution in [3.63, 3.8) is 0 Å². The van der Waals surface area contributed by atoms with E-state index in [-0.39, 0.29) is 18.6 Å². The van der Waals surface area contributed by atoms with Crippen molar-refractivity contribution in [2.45, 2.75) is 97.8 Å². The van der Waals surface area contributed by atoms with E-state index in [0.29, 0.717) is 62.2 Å². The summed E-state index contributed by atoms with van der Waals surface area (Å²) in [6.07, 6.45) is 7.09. The summed E-state index contributed by atoms with van der Waals surface area (Å²) in [4.78, 5) is 31.0. The van der Waals surface area contributed by atoms with Gasteiger partial charge in [0.25, 0.3) is 0 Å². The summed E-state index contributed by atoms with van der Waals surface area (Å²) in [5, 5.41) is 4.70. The first kappa shape index (κ1) is 37.7. The SMILES string of the molecule is CCC(=O)CCCCN(CCOc1ccc(/C(=C(/CC)c2ccccc2)c2ccc3c(c2)c(F)nn3C2CCCCO2)cn1)C(=O)OC(C)(C)C. The Kier molecular flexibility index (Phi) is 13.0.